The second-order valence-corrected chi connectivity index (χ2v) is 7.84. The van der Waals surface area contributed by atoms with Crippen LogP contribution in [0.4, 0.5) is 10.5 Å². The van der Waals surface area contributed by atoms with Crippen LogP contribution >= 0.6 is 0 Å². The van der Waals surface area contributed by atoms with Crippen LogP contribution in [0.2, 0.25) is 0 Å². The van der Waals surface area contributed by atoms with Gasteiger partial charge in [0.1, 0.15) is 17.4 Å². The predicted molar refractivity (Wildman–Crippen MR) is 90.6 cm³/mol. The molecule has 0 atom stereocenters. The smallest absolute Gasteiger partial charge is 0.410 e. The zero-order valence-electron chi connectivity index (χ0n) is 14.6. The number of nitriles is 1. The zero-order chi connectivity index (χ0) is 17.4. The van der Waals surface area contributed by atoms with Crippen molar-refractivity contribution in [2.45, 2.75) is 39.2 Å². The van der Waals surface area contributed by atoms with Gasteiger partial charge >= 0.3 is 6.09 Å². The highest BCUT2D eigenvalue weighted by Crippen LogP contribution is 2.42. The average molecular weight is 328 g/mol. The Hall–Kier alpha value is -2.29. The van der Waals surface area contributed by atoms with E-state index in [9.17, 15) is 4.79 Å². The van der Waals surface area contributed by atoms with E-state index in [1.54, 1.807) is 12.3 Å². The first-order chi connectivity index (χ1) is 11.3. The molecule has 1 aromatic rings. The number of hydrogen-bond donors (Lipinski definition) is 0. The highest BCUT2D eigenvalue weighted by molar-refractivity contribution is 5.68. The Morgan fingerprint density at radius 1 is 1.29 bits per heavy atom. The van der Waals surface area contributed by atoms with Crippen molar-refractivity contribution >= 4 is 11.8 Å². The molecule has 6 nitrogen and oxygen atoms in total. The topological polar surface area (TPSA) is 69.5 Å². The molecule has 0 saturated carbocycles. The van der Waals surface area contributed by atoms with Gasteiger partial charge in [-0.25, -0.2) is 9.78 Å². The SMILES string of the molecule is CC(C)(C)OC(=O)N1CCC2(CC1)CN(c1ccc(C#N)nc1)C2. The Morgan fingerprint density at radius 2 is 1.96 bits per heavy atom. The molecule has 0 bridgehead atoms. The number of aromatic nitrogens is 1. The Balaban J connectivity index is 1.51. The fourth-order valence-electron chi connectivity index (χ4n) is 3.39. The summed E-state index contributed by atoms with van der Waals surface area (Å²) in [6.45, 7) is 9.18. The van der Waals surface area contributed by atoms with Gasteiger partial charge in [-0.3, -0.25) is 0 Å². The lowest BCUT2D eigenvalue weighted by Crippen LogP contribution is -2.61. The van der Waals surface area contributed by atoms with E-state index >= 15 is 0 Å². The predicted octanol–water partition coefficient (Wildman–Crippen LogP) is 2.79. The number of amides is 1. The van der Waals surface area contributed by atoms with Crippen LogP contribution in [-0.4, -0.2) is 47.8 Å². The number of ether oxygens (including phenoxy) is 1. The standard InChI is InChI=1S/C18H24N4O2/c1-17(2,3)24-16(23)21-8-6-18(7-9-21)12-22(13-18)15-5-4-14(10-19)20-11-15/h4-5,11H,6-9,12-13H2,1-3H3. The molecule has 128 valence electrons. The fourth-order valence-corrected chi connectivity index (χ4v) is 3.39. The molecular formula is C18H24N4O2. The Kier molecular flexibility index (Phi) is 4.12. The molecule has 2 fully saturated rings. The van der Waals surface area contributed by atoms with Crippen molar-refractivity contribution in [1.29, 1.82) is 5.26 Å². The summed E-state index contributed by atoms with van der Waals surface area (Å²) >= 11 is 0. The molecule has 6 heteroatoms. The zero-order valence-corrected chi connectivity index (χ0v) is 14.6. The van der Waals surface area contributed by atoms with E-state index < -0.39 is 5.60 Å². The van der Waals surface area contributed by atoms with Crippen LogP contribution in [-0.2, 0) is 4.74 Å². The molecule has 0 N–H and O–H groups in total. The quantitative estimate of drug-likeness (QED) is 0.793. The van der Waals surface area contributed by atoms with Crippen LogP contribution in [0.25, 0.3) is 0 Å². The van der Waals surface area contributed by atoms with Crippen molar-refractivity contribution in [2.75, 3.05) is 31.1 Å². The van der Waals surface area contributed by atoms with Gasteiger partial charge < -0.3 is 14.5 Å². The van der Waals surface area contributed by atoms with Gasteiger partial charge in [0.25, 0.3) is 0 Å². The van der Waals surface area contributed by atoms with Gasteiger partial charge in [0.05, 0.1) is 11.9 Å². The lowest BCUT2D eigenvalue weighted by atomic mass is 9.72. The van der Waals surface area contributed by atoms with Crippen molar-refractivity contribution in [3.63, 3.8) is 0 Å². The molecular weight excluding hydrogens is 304 g/mol. The molecule has 0 unspecified atom stereocenters. The second-order valence-electron chi connectivity index (χ2n) is 7.84. The van der Waals surface area contributed by atoms with Gasteiger partial charge in [0.2, 0.25) is 0 Å². The molecule has 0 aromatic carbocycles. The third kappa shape index (κ3) is 3.45. The molecule has 2 aliphatic rings. The number of likely N-dealkylation sites (tertiary alicyclic amines) is 1. The monoisotopic (exact) mass is 328 g/mol. The number of pyridine rings is 1. The number of carbonyl (C=O) groups is 1. The number of nitrogens with zero attached hydrogens (tertiary/aromatic N) is 4. The summed E-state index contributed by atoms with van der Waals surface area (Å²) in [7, 11) is 0. The number of piperidine rings is 1. The highest BCUT2D eigenvalue weighted by Gasteiger charge is 2.46. The highest BCUT2D eigenvalue weighted by atomic mass is 16.6. The number of rotatable bonds is 1. The molecule has 24 heavy (non-hydrogen) atoms. The van der Waals surface area contributed by atoms with Gasteiger partial charge in [-0.2, -0.15) is 5.26 Å². The summed E-state index contributed by atoms with van der Waals surface area (Å²) in [6, 6.07) is 5.75. The fraction of sp³-hybridized carbons (Fsp3) is 0.611. The van der Waals surface area contributed by atoms with Crippen LogP contribution in [0.1, 0.15) is 39.3 Å². The van der Waals surface area contributed by atoms with Crippen molar-refractivity contribution in [1.82, 2.24) is 9.88 Å². The third-order valence-electron chi connectivity index (χ3n) is 4.76. The summed E-state index contributed by atoms with van der Waals surface area (Å²) < 4.78 is 5.45. The van der Waals surface area contributed by atoms with Crippen LogP contribution < -0.4 is 4.90 Å². The maximum Gasteiger partial charge on any atom is 0.410 e. The van der Waals surface area contributed by atoms with E-state index in [0.29, 0.717) is 11.1 Å². The molecule has 1 spiro atoms. The lowest BCUT2D eigenvalue weighted by molar-refractivity contribution is 0.00598. The van der Waals surface area contributed by atoms with Crippen LogP contribution in [0.3, 0.4) is 0 Å². The molecule has 0 radical (unpaired) electrons. The summed E-state index contributed by atoms with van der Waals surface area (Å²) in [5, 5.41) is 8.81. The molecule has 3 heterocycles. The van der Waals surface area contributed by atoms with Crippen LogP contribution in [0, 0.1) is 16.7 Å². The molecule has 2 aliphatic heterocycles. The third-order valence-corrected chi connectivity index (χ3v) is 4.76. The van der Waals surface area contributed by atoms with E-state index in [4.69, 9.17) is 10.00 Å². The van der Waals surface area contributed by atoms with Crippen LogP contribution in [0.15, 0.2) is 18.3 Å². The minimum absolute atomic E-state index is 0.204. The summed E-state index contributed by atoms with van der Waals surface area (Å²) in [4.78, 5) is 20.4. The molecule has 3 rings (SSSR count). The minimum Gasteiger partial charge on any atom is -0.444 e. The van der Waals surface area contributed by atoms with E-state index in [0.717, 1.165) is 44.7 Å². The largest absolute Gasteiger partial charge is 0.444 e. The molecule has 1 aromatic heterocycles. The molecule has 2 saturated heterocycles. The van der Waals surface area contributed by atoms with Crippen molar-refractivity contribution in [3.8, 4) is 6.07 Å². The molecule has 1 amide bonds. The van der Waals surface area contributed by atoms with E-state index in [1.165, 1.54) is 0 Å². The number of carbonyl (C=O) groups excluding carboxylic acids is 1. The Morgan fingerprint density at radius 3 is 2.46 bits per heavy atom. The first kappa shape index (κ1) is 16.6. The number of hydrogen-bond acceptors (Lipinski definition) is 5. The van der Waals surface area contributed by atoms with E-state index in [1.807, 2.05) is 37.8 Å². The van der Waals surface area contributed by atoms with Gasteiger partial charge in [-0.1, -0.05) is 0 Å². The maximum absolute atomic E-state index is 12.1. The average Bonchev–Trinajstić information content (AvgIpc) is 2.51. The van der Waals surface area contributed by atoms with Gasteiger partial charge in [-0.15, -0.1) is 0 Å². The molecule has 0 aliphatic carbocycles. The minimum atomic E-state index is -0.442. The Labute approximate surface area is 143 Å². The van der Waals surface area contributed by atoms with Crippen molar-refractivity contribution < 1.29 is 9.53 Å². The summed E-state index contributed by atoms with van der Waals surface area (Å²) in [5.74, 6) is 0. The van der Waals surface area contributed by atoms with Crippen molar-refractivity contribution in [2.24, 2.45) is 5.41 Å². The normalized spacial score (nSPS) is 19.6. The lowest BCUT2D eigenvalue weighted by Gasteiger charge is -2.54. The summed E-state index contributed by atoms with van der Waals surface area (Å²) in [5.41, 5.74) is 1.36. The first-order valence-electron chi connectivity index (χ1n) is 8.39. The van der Waals surface area contributed by atoms with E-state index in [-0.39, 0.29) is 6.09 Å². The van der Waals surface area contributed by atoms with Gasteiger partial charge in [0, 0.05) is 31.6 Å². The van der Waals surface area contributed by atoms with Crippen LogP contribution in [0.5, 0.6) is 0 Å². The summed E-state index contributed by atoms with van der Waals surface area (Å²) in [6.07, 6.45) is 3.57. The second kappa shape index (κ2) is 5.97. The van der Waals surface area contributed by atoms with Gasteiger partial charge in [0.15, 0.2) is 0 Å². The van der Waals surface area contributed by atoms with E-state index in [2.05, 4.69) is 9.88 Å². The van der Waals surface area contributed by atoms with Crippen molar-refractivity contribution in [3.05, 3.63) is 24.0 Å². The Bertz CT molecular complexity index is 641. The first-order valence-corrected chi connectivity index (χ1v) is 8.39. The van der Waals surface area contributed by atoms with Gasteiger partial charge in [-0.05, 0) is 45.7 Å². The number of anilines is 1. The maximum atomic E-state index is 12.1.